The molecule has 2 aromatic carbocycles. The highest BCUT2D eigenvalue weighted by atomic mass is 16.6. The van der Waals surface area contributed by atoms with Gasteiger partial charge in [0.2, 0.25) is 41.4 Å². The Hall–Kier alpha value is -7.75. The number of piperazine rings is 1. The number of Topliss-reactive ketones (excluding diaryl/α,β-unsaturated/α-hetero) is 1. The van der Waals surface area contributed by atoms with E-state index in [1.807, 2.05) is 87.2 Å². The van der Waals surface area contributed by atoms with Crippen molar-refractivity contribution in [1.82, 2.24) is 45.0 Å². The van der Waals surface area contributed by atoms with Gasteiger partial charge in [0.1, 0.15) is 36.0 Å². The number of pyridine rings is 1. The van der Waals surface area contributed by atoms with Crippen LogP contribution in [0, 0.1) is 35.5 Å². The Bertz CT molecular complexity index is 3140. The monoisotopic (exact) mass is 1300 g/mol. The molecule has 3 saturated heterocycles. The number of likely N-dealkylation sites (N-methyl/N-ethyl adjacent to an activating group) is 4. The fourth-order valence-electron chi connectivity index (χ4n) is 13.6. The second kappa shape index (κ2) is 33.1. The summed E-state index contributed by atoms with van der Waals surface area (Å²) in [5.74, 6) is -8.63. The topological polar surface area (TPSA) is 260 Å². The zero-order chi connectivity index (χ0) is 69.8. The first-order chi connectivity index (χ1) is 44.2. The lowest BCUT2D eigenvalue weighted by molar-refractivity contribution is -0.178. The van der Waals surface area contributed by atoms with E-state index in [0.29, 0.717) is 56.6 Å². The van der Waals surface area contributed by atoms with Crippen molar-refractivity contribution < 1.29 is 57.8 Å². The summed E-state index contributed by atoms with van der Waals surface area (Å²) in [5, 5.41) is 17.8. The number of amides is 8. The predicted octanol–water partition coefficient (Wildman–Crippen LogP) is 6.19. The molecule has 516 valence electrons. The van der Waals surface area contributed by atoms with Gasteiger partial charge in [-0.15, -0.1) is 0 Å². The summed E-state index contributed by atoms with van der Waals surface area (Å²) in [6.45, 7) is 24.8. The Morgan fingerprint density at radius 3 is 1.83 bits per heavy atom. The molecular weight excluding hydrogens is 1200 g/mol. The van der Waals surface area contributed by atoms with Crippen molar-refractivity contribution >= 4 is 64.8 Å². The minimum Gasteiger partial charge on any atom is -0.450 e. The van der Waals surface area contributed by atoms with Crippen LogP contribution in [0.4, 0.5) is 5.82 Å². The number of aliphatic hydroxyl groups is 1. The number of esters is 1. The molecule has 0 aliphatic carbocycles. The fraction of sp³-hybridized carbons (Fsp3) is 0.625. The summed E-state index contributed by atoms with van der Waals surface area (Å²) in [6.07, 6.45) is 1.38. The summed E-state index contributed by atoms with van der Waals surface area (Å²) in [7, 11) is 5.76. The van der Waals surface area contributed by atoms with Gasteiger partial charge in [-0.05, 0) is 92.0 Å². The standard InChI is InChI=1S/C72H106N10O12/c1-18-46(9)59-69(90)77(15)60(44(5)6)57(84)41-53(37-43(3)4)66(87)79(17)63(72(12,13)93)71(92)94-62(47(10)19-2)70(91)78(16)61(45(7)8)65(86)74-54(39-49-25-21-20-22-26-49)67(88)76(14)56(68(89)82-32-24-29-55(82)64(85)75-59)40-50-27-23-28-51(38-50)52-30-31-58(73-42-52)81-35-33-80(34-36-81)48(11)83/h20-23,25-28,30-31,38,42-47,53-56,59-63,93H,18-19,24,29,32-37,39-41H2,1-17H3,(H,74,86)(H,75,85)/t46-,47-,53+,54-,55-,56-,59-,60-,61-,62+,63+/m0/s1. The lowest BCUT2D eigenvalue weighted by Gasteiger charge is -2.39. The summed E-state index contributed by atoms with van der Waals surface area (Å²) in [6, 6.07) is 11.5. The Morgan fingerprint density at radius 1 is 0.649 bits per heavy atom. The molecule has 8 amide bonds. The summed E-state index contributed by atoms with van der Waals surface area (Å²) >= 11 is 0. The van der Waals surface area contributed by atoms with Gasteiger partial charge in [-0.2, -0.15) is 0 Å². The number of hydrogen-bond donors (Lipinski definition) is 3. The highest BCUT2D eigenvalue weighted by Crippen LogP contribution is 2.31. The quantitative estimate of drug-likeness (QED) is 0.143. The molecule has 3 aliphatic heterocycles. The van der Waals surface area contributed by atoms with E-state index in [0.717, 1.165) is 21.8 Å². The van der Waals surface area contributed by atoms with Crippen molar-refractivity contribution in [2.75, 3.05) is 65.8 Å². The molecule has 94 heavy (non-hydrogen) atoms. The molecule has 0 bridgehead atoms. The van der Waals surface area contributed by atoms with E-state index >= 15 is 28.8 Å². The number of carbonyl (C=O) groups is 10. The van der Waals surface area contributed by atoms with Crippen LogP contribution in [0.15, 0.2) is 72.9 Å². The number of ether oxygens (including phenoxy) is 1. The smallest absolute Gasteiger partial charge is 0.332 e. The summed E-state index contributed by atoms with van der Waals surface area (Å²) < 4.78 is 6.17. The summed E-state index contributed by atoms with van der Waals surface area (Å²) in [5.41, 5.74) is 0.933. The van der Waals surface area contributed by atoms with E-state index in [1.54, 1.807) is 66.8 Å². The SMILES string of the molecule is CC[C@H](C)[C@@H]1NC(=O)[C@@H]2CCCN2C(=O)[C@H](Cc2cccc(-c3ccc(N4CCN(C(C)=O)CC4)nc3)c2)N(C)C(=O)[C@H](Cc2ccccc2)NC(=O)[C@H](C(C)C)N(C)C(=O)[C@@H]([C@@H](C)CC)OC(=O)[C@H](C(C)(C)O)N(C)C(=O)[C@H](CC(C)C)CC(=O)[C@H](C(C)C)N(C)C1=O. The van der Waals surface area contributed by atoms with E-state index < -0.39 is 137 Å². The third-order valence-electron chi connectivity index (χ3n) is 19.3. The number of fused-ring (bicyclic) bond motifs is 1. The average molecular weight is 1300 g/mol. The van der Waals surface area contributed by atoms with Crippen LogP contribution < -0.4 is 15.5 Å². The van der Waals surface area contributed by atoms with Gasteiger partial charge in [0.05, 0.1) is 11.6 Å². The van der Waals surface area contributed by atoms with Gasteiger partial charge in [-0.1, -0.05) is 130 Å². The number of ketones is 1. The minimum absolute atomic E-state index is 0.0294. The molecule has 1 aromatic heterocycles. The molecule has 3 aromatic rings. The van der Waals surface area contributed by atoms with E-state index in [1.165, 1.54) is 61.6 Å². The molecule has 11 atom stereocenters. The second-order valence-electron chi connectivity index (χ2n) is 28.1. The van der Waals surface area contributed by atoms with Crippen LogP contribution in [0.3, 0.4) is 0 Å². The second-order valence-corrected chi connectivity index (χ2v) is 28.1. The molecule has 4 heterocycles. The average Bonchev–Trinajstić information content (AvgIpc) is 1.21. The van der Waals surface area contributed by atoms with Crippen LogP contribution in [-0.4, -0.2) is 213 Å². The van der Waals surface area contributed by atoms with E-state index in [-0.39, 0.29) is 50.5 Å². The summed E-state index contributed by atoms with van der Waals surface area (Å²) in [4.78, 5) is 164. The molecule has 3 N–H and O–H groups in total. The lowest BCUT2D eigenvalue weighted by Crippen LogP contribution is -2.61. The number of aromatic nitrogens is 1. The Kier molecular flexibility index (Phi) is 26.5. The maximum Gasteiger partial charge on any atom is 0.332 e. The molecule has 0 radical (unpaired) electrons. The van der Waals surface area contributed by atoms with E-state index in [4.69, 9.17) is 9.72 Å². The van der Waals surface area contributed by atoms with Crippen LogP contribution in [0.2, 0.25) is 0 Å². The highest BCUT2D eigenvalue weighted by Gasteiger charge is 2.48. The molecule has 22 heteroatoms. The van der Waals surface area contributed by atoms with Crippen molar-refractivity contribution in [1.29, 1.82) is 0 Å². The number of carbonyl (C=O) groups excluding carboxylic acids is 10. The maximum atomic E-state index is 15.9. The van der Waals surface area contributed by atoms with Crippen LogP contribution in [0.1, 0.15) is 140 Å². The zero-order valence-electron chi connectivity index (χ0n) is 58.7. The lowest BCUT2D eigenvalue weighted by atomic mass is 9.85. The molecule has 3 fully saturated rings. The van der Waals surface area contributed by atoms with Gasteiger partial charge in [0, 0.05) is 111 Å². The number of anilines is 1. The third-order valence-corrected chi connectivity index (χ3v) is 19.3. The van der Waals surface area contributed by atoms with Gasteiger partial charge >= 0.3 is 5.97 Å². The molecule has 0 saturated carbocycles. The van der Waals surface area contributed by atoms with Crippen molar-refractivity contribution in [3.8, 4) is 11.1 Å². The van der Waals surface area contributed by atoms with Crippen LogP contribution in [-0.2, 0) is 65.5 Å². The number of hydrogen-bond acceptors (Lipinski definition) is 14. The van der Waals surface area contributed by atoms with E-state index in [9.17, 15) is 24.3 Å². The Morgan fingerprint density at radius 2 is 1.27 bits per heavy atom. The van der Waals surface area contributed by atoms with Crippen LogP contribution in [0.5, 0.6) is 0 Å². The van der Waals surface area contributed by atoms with Gasteiger partial charge in [0.25, 0.3) is 5.91 Å². The first kappa shape index (κ1) is 75.3. The van der Waals surface area contributed by atoms with Crippen LogP contribution in [0.25, 0.3) is 11.1 Å². The Balaban J connectivity index is 1.50. The molecule has 6 rings (SSSR count). The number of nitrogens with one attached hydrogen (secondary N) is 2. The van der Waals surface area contributed by atoms with Gasteiger partial charge < -0.3 is 54.8 Å². The third kappa shape index (κ3) is 18.4. The molecule has 22 nitrogen and oxygen atoms in total. The van der Waals surface area contributed by atoms with Crippen molar-refractivity contribution in [2.24, 2.45) is 35.5 Å². The number of cyclic esters (lactones) is 1. The van der Waals surface area contributed by atoms with Crippen LogP contribution >= 0.6 is 0 Å². The first-order valence-electron chi connectivity index (χ1n) is 33.8. The van der Waals surface area contributed by atoms with Gasteiger partial charge in [0.15, 0.2) is 17.9 Å². The fourth-order valence-corrected chi connectivity index (χ4v) is 13.6. The predicted molar refractivity (Wildman–Crippen MR) is 360 cm³/mol. The highest BCUT2D eigenvalue weighted by molar-refractivity contribution is 5.99. The minimum atomic E-state index is -1.97. The van der Waals surface area contributed by atoms with E-state index in [2.05, 4.69) is 15.5 Å². The Labute approximate surface area is 557 Å². The normalized spacial score (nSPS) is 25.2. The van der Waals surface area contributed by atoms with Gasteiger partial charge in [-0.25, -0.2) is 9.78 Å². The molecule has 0 unspecified atom stereocenters. The molecular formula is C72H106N10O12. The first-order valence-corrected chi connectivity index (χ1v) is 33.8. The maximum absolute atomic E-state index is 15.9. The largest absolute Gasteiger partial charge is 0.450 e. The molecule has 0 spiro atoms. The number of rotatable bonds is 15. The number of nitrogens with zero attached hydrogens (tertiary/aromatic N) is 8. The molecule has 3 aliphatic rings. The van der Waals surface area contributed by atoms with Crippen molar-refractivity contribution in [3.63, 3.8) is 0 Å². The van der Waals surface area contributed by atoms with Crippen molar-refractivity contribution in [3.05, 3.63) is 84.1 Å². The zero-order valence-corrected chi connectivity index (χ0v) is 58.7. The number of benzene rings is 2. The van der Waals surface area contributed by atoms with Gasteiger partial charge in [-0.3, -0.25) is 43.2 Å². The van der Waals surface area contributed by atoms with Crippen molar-refractivity contribution in [2.45, 2.75) is 195 Å².